The molecule has 1 atom stereocenters. The van der Waals surface area contributed by atoms with Gasteiger partial charge in [0.2, 0.25) is 11.8 Å². The van der Waals surface area contributed by atoms with Crippen molar-refractivity contribution in [1.29, 1.82) is 0 Å². The standard InChI is InChI=1S/C34H43N3O5S/c1-5-30(34(39)35-28-14-7-8-15-28)36(23-27-13-11-12-26(4)22-27)33(38)24-37(31-16-9-10-17-32(31)42-6-2)43(40,41)29-20-18-25(3)19-21-29/h9-13,16-22,28,30H,5-8,14-15,23-24H2,1-4H3,(H,35,39). The van der Waals surface area contributed by atoms with Crippen LogP contribution in [-0.2, 0) is 26.2 Å². The molecule has 0 spiro atoms. The summed E-state index contributed by atoms with van der Waals surface area (Å²) in [5, 5.41) is 3.15. The quantitative estimate of drug-likeness (QED) is 0.267. The number of carbonyl (C=O) groups excluding carboxylic acids is 2. The van der Waals surface area contributed by atoms with Gasteiger partial charge in [-0.2, -0.15) is 0 Å². The number of para-hydroxylation sites is 2. The Hall–Kier alpha value is -3.85. The highest BCUT2D eigenvalue weighted by molar-refractivity contribution is 7.92. The van der Waals surface area contributed by atoms with E-state index in [1.54, 1.807) is 48.5 Å². The second-order valence-corrected chi connectivity index (χ2v) is 13.0. The Morgan fingerprint density at radius 3 is 2.28 bits per heavy atom. The van der Waals surface area contributed by atoms with Gasteiger partial charge < -0.3 is 15.0 Å². The maximum atomic E-state index is 14.4. The molecule has 1 unspecified atom stereocenters. The largest absolute Gasteiger partial charge is 0.492 e. The minimum Gasteiger partial charge on any atom is -0.492 e. The summed E-state index contributed by atoms with van der Waals surface area (Å²) in [4.78, 5) is 29.6. The molecule has 0 heterocycles. The van der Waals surface area contributed by atoms with Gasteiger partial charge in [-0.3, -0.25) is 13.9 Å². The van der Waals surface area contributed by atoms with Crippen LogP contribution in [0.2, 0.25) is 0 Å². The Morgan fingerprint density at radius 2 is 1.63 bits per heavy atom. The van der Waals surface area contributed by atoms with Gasteiger partial charge in [-0.25, -0.2) is 8.42 Å². The lowest BCUT2D eigenvalue weighted by atomic mass is 10.1. The fourth-order valence-electron chi connectivity index (χ4n) is 5.59. The minimum absolute atomic E-state index is 0.0634. The van der Waals surface area contributed by atoms with Crippen molar-refractivity contribution >= 4 is 27.5 Å². The average Bonchev–Trinajstić information content (AvgIpc) is 3.49. The minimum atomic E-state index is -4.19. The van der Waals surface area contributed by atoms with Crippen LogP contribution < -0.4 is 14.4 Å². The van der Waals surface area contributed by atoms with Crippen molar-refractivity contribution in [3.8, 4) is 5.75 Å². The number of sulfonamides is 1. The van der Waals surface area contributed by atoms with E-state index in [0.717, 1.165) is 46.7 Å². The van der Waals surface area contributed by atoms with Gasteiger partial charge in [0.1, 0.15) is 18.3 Å². The lowest BCUT2D eigenvalue weighted by Gasteiger charge is -2.34. The van der Waals surface area contributed by atoms with Crippen molar-refractivity contribution in [3.63, 3.8) is 0 Å². The number of hydrogen-bond acceptors (Lipinski definition) is 5. The van der Waals surface area contributed by atoms with Gasteiger partial charge >= 0.3 is 0 Å². The predicted molar refractivity (Wildman–Crippen MR) is 170 cm³/mol. The molecule has 1 fully saturated rings. The molecule has 0 saturated heterocycles. The third kappa shape index (κ3) is 7.96. The van der Waals surface area contributed by atoms with E-state index in [9.17, 15) is 18.0 Å². The van der Waals surface area contributed by atoms with Gasteiger partial charge in [-0.05, 0) is 69.9 Å². The molecule has 3 aromatic carbocycles. The first-order valence-corrected chi connectivity index (χ1v) is 16.5. The van der Waals surface area contributed by atoms with E-state index < -0.39 is 28.5 Å². The number of nitrogens with one attached hydrogen (secondary N) is 1. The van der Waals surface area contributed by atoms with E-state index in [1.807, 2.05) is 52.0 Å². The number of benzene rings is 3. The van der Waals surface area contributed by atoms with E-state index in [2.05, 4.69) is 5.32 Å². The van der Waals surface area contributed by atoms with Crippen molar-refractivity contribution < 1.29 is 22.7 Å². The van der Waals surface area contributed by atoms with Crippen molar-refractivity contribution in [2.75, 3.05) is 17.5 Å². The zero-order valence-corrected chi connectivity index (χ0v) is 26.4. The molecule has 0 aromatic heterocycles. The lowest BCUT2D eigenvalue weighted by Crippen LogP contribution is -2.53. The molecule has 0 bridgehead atoms. The van der Waals surface area contributed by atoms with Crippen LogP contribution in [0.25, 0.3) is 0 Å². The Balaban J connectivity index is 1.75. The van der Waals surface area contributed by atoms with Gasteiger partial charge in [0.15, 0.2) is 0 Å². The maximum Gasteiger partial charge on any atom is 0.264 e. The monoisotopic (exact) mass is 605 g/mol. The van der Waals surface area contributed by atoms with Crippen LogP contribution in [0.4, 0.5) is 5.69 Å². The maximum absolute atomic E-state index is 14.4. The highest BCUT2D eigenvalue weighted by atomic mass is 32.2. The molecule has 8 nitrogen and oxygen atoms in total. The normalized spacial score (nSPS) is 14.2. The molecule has 230 valence electrons. The van der Waals surface area contributed by atoms with Crippen LogP contribution in [0.1, 0.15) is 62.6 Å². The van der Waals surface area contributed by atoms with Crippen LogP contribution in [0.5, 0.6) is 5.75 Å². The topological polar surface area (TPSA) is 96.0 Å². The van der Waals surface area contributed by atoms with Crippen molar-refractivity contribution in [3.05, 3.63) is 89.5 Å². The molecule has 1 N–H and O–H groups in total. The molecule has 1 aliphatic rings. The van der Waals surface area contributed by atoms with Crippen LogP contribution in [0.15, 0.2) is 77.7 Å². The zero-order valence-electron chi connectivity index (χ0n) is 25.6. The number of rotatable bonds is 13. The number of nitrogens with zero attached hydrogens (tertiary/aromatic N) is 2. The van der Waals surface area contributed by atoms with E-state index in [0.29, 0.717) is 18.8 Å². The van der Waals surface area contributed by atoms with Crippen molar-refractivity contribution in [2.24, 2.45) is 0 Å². The number of amides is 2. The molecular formula is C34H43N3O5S. The van der Waals surface area contributed by atoms with Gasteiger partial charge in [-0.15, -0.1) is 0 Å². The second-order valence-electron chi connectivity index (χ2n) is 11.2. The molecule has 0 radical (unpaired) electrons. The summed E-state index contributed by atoms with van der Waals surface area (Å²) in [6.45, 7) is 7.54. The Morgan fingerprint density at radius 1 is 0.930 bits per heavy atom. The van der Waals surface area contributed by atoms with E-state index >= 15 is 0 Å². The summed E-state index contributed by atoms with van der Waals surface area (Å²) in [6, 6.07) is 20.5. The van der Waals surface area contributed by atoms with E-state index in [-0.39, 0.29) is 29.1 Å². The number of anilines is 1. The summed E-state index contributed by atoms with van der Waals surface area (Å²) in [5.74, 6) is -0.334. The first kappa shape index (κ1) is 32.1. The van der Waals surface area contributed by atoms with Crippen LogP contribution in [0, 0.1) is 13.8 Å². The van der Waals surface area contributed by atoms with Gasteiger partial charge in [0, 0.05) is 12.6 Å². The molecule has 9 heteroatoms. The smallest absolute Gasteiger partial charge is 0.264 e. The summed E-state index contributed by atoms with van der Waals surface area (Å²) < 4.78 is 35.3. The summed E-state index contributed by atoms with van der Waals surface area (Å²) >= 11 is 0. The highest BCUT2D eigenvalue weighted by Gasteiger charge is 2.35. The average molecular weight is 606 g/mol. The molecule has 0 aliphatic heterocycles. The Labute approximate surface area is 256 Å². The van der Waals surface area contributed by atoms with Gasteiger partial charge in [0.25, 0.3) is 10.0 Å². The van der Waals surface area contributed by atoms with Crippen LogP contribution >= 0.6 is 0 Å². The van der Waals surface area contributed by atoms with E-state index in [1.165, 1.54) is 4.90 Å². The summed E-state index contributed by atoms with van der Waals surface area (Å²) in [6.07, 6.45) is 4.36. The number of ether oxygens (including phenoxy) is 1. The fourth-order valence-corrected chi connectivity index (χ4v) is 7.01. The van der Waals surface area contributed by atoms with Crippen molar-refractivity contribution in [1.82, 2.24) is 10.2 Å². The number of aryl methyl sites for hydroxylation is 2. The third-order valence-corrected chi connectivity index (χ3v) is 9.62. The lowest BCUT2D eigenvalue weighted by molar-refractivity contribution is -0.140. The third-order valence-electron chi connectivity index (χ3n) is 7.84. The van der Waals surface area contributed by atoms with Crippen molar-refractivity contribution in [2.45, 2.75) is 83.3 Å². The molecule has 4 rings (SSSR count). The zero-order chi connectivity index (χ0) is 31.0. The molecule has 1 saturated carbocycles. The molecule has 2 amide bonds. The second kappa shape index (κ2) is 14.6. The Bertz CT molecular complexity index is 1500. The highest BCUT2D eigenvalue weighted by Crippen LogP contribution is 2.33. The first-order chi connectivity index (χ1) is 20.6. The molecule has 3 aromatic rings. The molecule has 1 aliphatic carbocycles. The predicted octanol–water partition coefficient (Wildman–Crippen LogP) is 5.76. The summed E-state index contributed by atoms with van der Waals surface area (Å²) in [5.41, 5.74) is 3.07. The van der Waals surface area contributed by atoms with E-state index in [4.69, 9.17) is 4.74 Å². The fraction of sp³-hybridized carbons (Fsp3) is 0.412. The van der Waals surface area contributed by atoms with Crippen LogP contribution in [0.3, 0.4) is 0 Å². The van der Waals surface area contributed by atoms with Gasteiger partial charge in [-0.1, -0.05) is 79.4 Å². The number of carbonyl (C=O) groups is 2. The van der Waals surface area contributed by atoms with Crippen LogP contribution in [-0.4, -0.2) is 50.4 Å². The molecule has 43 heavy (non-hydrogen) atoms. The Kier molecular flexibility index (Phi) is 10.9. The molecular weight excluding hydrogens is 562 g/mol. The number of hydrogen-bond donors (Lipinski definition) is 1. The summed E-state index contributed by atoms with van der Waals surface area (Å²) in [7, 11) is -4.19. The first-order valence-electron chi connectivity index (χ1n) is 15.1. The van der Waals surface area contributed by atoms with Gasteiger partial charge in [0.05, 0.1) is 17.2 Å². The SMILES string of the molecule is CCOc1ccccc1N(CC(=O)N(Cc1cccc(C)c1)C(CC)C(=O)NC1CCCC1)S(=O)(=O)c1ccc(C)cc1.